The summed E-state index contributed by atoms with van der Waals surface area (Å²) in [6.07, 6.45) is 5.46. The Morgan fingerprint density at radius 3 is 2.71 bits per heavy atom. The van der Waals surface area contributed by atoms with Crippen molar-refractivity contribution in [2.24, 2.45) is 0 Å². The van der Waals surface area contributed by atoms with Crippen LogP contribution in [0.3, 0.4) is 0 Å². The van der Waals surface area contributed by atoms with Gasteiger partial charge in [-0.2, -0.15) is 0 Å². The zero-order valence-electron chi connectivity index (χ0n) is 10.5. The first-order chi connectivity index (χ1) is 8.20. The molecule has 1 atom stereocenters. The SMILES string of the molecule is CCCNC(C)(CO)CCSc1ncccn1. The van der Waals surface area contributed by atoms with Crippen LogP contribution in [0.2, 0.25) is 0 Å². The van der Waals surface area contributed by atoms with Crippen LogP contribution in [0.5, 0.6) is 0 Å². The smallest absolute Gasteiger partial charge is 0.187 e. The van der Waals surface area contributed by atoms with Crippen molar-refractivity contribution in [1.29, 1.82) is 0 Å². The Bertz CT molecular complexity index is 310. The summed E-state index contributed by atoms with van der Waals surface area (Å²) >= 11 is 1.62. The average molecular weight is 255 g/mol. The van der Waals surface area contributed by atoms with Crippen molar-refractivity contribution in [1.82, 2.24) is 15.3 Å². The lowest BCUT2D eigenvalue weighted by molar-refractivity contribution is 0.171. The van der Waals surface area contributed by atoms with E-state index >= 15 is 0 Å². The lowest BCUT2D eigenvalue weighted by atomic mass is 10.0. The van der Waals surface area contributed by atoms with E-state index in [4.69, 9.17) is 0 Å². The standard InChI is InChI=1S/C12H21N3OS/c1-3-6-15-12(2,10-16)5-9-17-11-13-7-4-8-14-11/h4,7-8,15-16H,3,5-6,9-10H2,1-2H3. The topological polar surface area (TPSA) is 58.0 Å². The highest BCUT2D eigenvalue weighted by atomic mass is 32.2. The number of nitrogens with zero attached hydrogens (tertiary/aromatic N) is 2. The van der Waals surface area contributed by atoms with E-state index in [1.54, 1.807) is 24.2 Å². The minimum Gasteiger partial charge on any atom is -0.394 e. The molecule has 2 N–H and O–H groups in total. The Morgan fingerprint density at radius 2 is 2.12 bits per heavy atom. The molecule has 4 nitrogen and oxygen atoms in total. The van der Waals surface area contributed by atoms with Crippen LogP contribution in [-0.2, 0) is 0 Å². The summed E-state index contributed by atoms with van der Waals surface area (Å²) in [5, 5.41) is 13.6. The number of thioether (sulfide) groups is 1. The summed E-state index contributed by atoms with van der Waals surface area (Å²) in [4.78, 5) is 8.31. The molecule has 1 aromatic heterocycles. The molecular formula is C12H21N3OS. The molecule has 0 aliphatic carbocycles. The van der Waals surface area contributed by atoms with Gasteiger partial charge in [-0.05, 0) is 32.4 Å². The molecule has 17 heavy (non-hydrogen) atoms. The molecule has 0 fully saturated rings. The van der Waals surface area contributed by atoms with Crippen LogP contribution in [0, 0.1) is 0 Å². The molecule has 0 saturated heterocycles. The number of nitrogens with one attached hydrogen (secondary N) is 1. The van der Waals surface area contributed by atoms with Crippen molar-refractivity contribution in [2.75, 3.05) is 18.9 Å². The summed E-state index contributed by atoms with van der Waals surface area (Å²) in [6.45, 7) is 5.26. The number of rotatable bonds is 8. The van der Waals surface area contributed by atoms with Gasteiger partial charge in [0.25, 0.3) is 0 Å². The van der Waals surface area contributed by atoms with Crippen molar-refractivity contribution in [3.8, 4) is 0 Å². The predicted molar refractivity (Wildman–Crippen MR) is 71.2 cm³/mol. The minimum atomic E-state index is -0.197. The van der Waals surface area contributed by atoms with Gasteiger partial charge >= 0.3 is 0 Å². The number of aliphatic hydroxyl groups is 1. The Hall–Kier alpha value is -0.650. The largest absolute Gasteiger partial charge is 0.394 e. The van der Waals surface area contributed by atoms with E-state index in [1.807, 2.05) is 6.07 Å². The highest BCUT2D eigenvalue weighted by Crippen LogP contribution is 2.18. The molecule has 0 spiro atoms. The quantitative estimate of drug-likeness (QED) is 0.547. The number of hydrogen-bond acceptors (Lipinski definition) is 5. The van der Waals surface area contributed by atoms with E-state index in [-0.39, 0.29) is 12.1 Å². The highest BCUT2D eigenvalue weighted by Gasteiger charge is 2.21. The van der Waals surface area contributed by atoms with Gasteiger partial charge in [-0.3, -0.25) is 0 Å². The Labute approximate surface area is 107 Å². The first kappa shape index (κ1) is 14.4. The highest BCUT2D eigenvalue weighted by molar-refractivity contribution is 7.99. The van der Waals surface area contributed by atoms with Gasteiger partial charge in [-0.1, -0.05) is 18.7 Å². The minimum absolute atomic E-state index is 0.156. The maximum atomic E-state index is 9.41. The fourth-order valence-corrected chi connectivity index (χ4v) is 2.38. The third-order valence-corrected chi connectivity index (χ3v) is 3.46. The fraction of sp³-hybridized carbons (Fsp3) is 0.667. The van der Waals surface area contributed by atoms with Gasteiger partial charge in [0.05, 0.1) is 6.61 Å². The molecule has 0 radical (unpaired) electrons. The summed E-state index contributed by atoms with van der Waals surface area (Å²) < 4.78 is 0. The number of aliphatic hydroxyl groups excluding tert-OH is 1. The van der Waals surface area contributed by atoms with Gasteiger partial charge in [0.15, 0.2) is 5.16 Å². The average Bonchev–Trinajstić information content (AvgIpc) is 2.38. The summed E-state index contributed by atoms with van der Waals surface area (Å²) in [5.74, 6) is 0.901. The summed E-state index contributed by atoms with van der Waals surface area (Å²) in [6, 6.07) is 1.81. The normalized spacial score (nSPS) is 14.5. The molecule has 0 saturated carbocycles. The van der Waals surface area contributed by atoms with Gasteiger partial charge < -0.3 is 10.4 Å². The molecule has 1 aromatic rings. The molecule has 1 heterocycles. The van der Waals surface area contributed by atoms with E-state index in [0.29, 0.717) is 0 Å². The Balaban J connectivity index is 2.32. The first-order valence-corrected chi connectivity index (χ1v) is 6.94. The van der Waals surface area contributed by atoms with Crippen LogP contribution >= 0.6 is 11.8 Å². The van der Waals surface area contributed by atoms with Gasteiger partial charge in [-0.15, -0.1) is 0 Å². The van der Waals surface area contributed by atoms with Crippen LogP contribution < -0.4 is 5.32 Å². The monoisotopic (exact) mass is 255 g/mol. The second-order valence-corrected chi connectivity index (χ2v) is 5.34. The maximum absolute atomic E-state index is 9.41. The van der Waals surface area contributed by atoms with Crippen LogP contribution in [0.1, 0.15) is 26.7 Å². The molecule has 5 heteroatoms. The Kier molecular flexibility index (Phi) is 6.47. The number of aromatic nitrogens is 2. The van der Waals surface area contributed by atoms with Gasteiger partial charge in [0.2, 0.25) is 0 Å². The third-order valence-electron chi connectivity index (χ3n) is 2.58. The third kappa shape index (κ3) is 5.48. The first-order valence-electron chi connectivity index (χ1n) is 5.96. The number of hydrogen-bond donors (Lipinski definition) is 2. The molecule has 96 valence electrons. The van der Waals surface area contributed by atoms with Crippen molar-refractivity contribution in [2.45, 2.75) is 37.4 Å². The fourth-order valence-electron chi connectivity index (χ4n) is 1.38. The lowest BCUT2D eigenvalue weighted by Crippen LogP contribution is -2.46. The van der Waals surface area contributed by atoms with Gasteiger partial charge in [-0.25, -0.2) is 9.97 Å². The summed E-state index contributed by atoms with van der Waals surface area (Å²) in [5.41, 5.74) is -0.197. The van der Waals surface area contributed by atoms with Crippen molar-refractivity contribution < 1.29 is 5.11 Å². The van der Waals surface area contributed by atoms with E-state index in [1.165, 1.54) is 0 Å². The molecule has 0 bridgehead atoms. The predicted octanol–water partition coefficient (Wildman–Crippen LogP) is 1.71. The van der Waals surface area contributed by atoms with Crippen LogP contribution in [0.15, 0.2) is 23.6 Å². The zero-order valence-corrected chi connectivity index (χ0v) is 11.3. The zero-order chi connectivity index (χ0) is 12.6. The van der Waals surface area contributed by atoms with Crippen LogP contribution in [0.25, 0.3) is 0 Å². The Morgan fingerprint density at radius 1 is 1.41 bits per heavy atom. The lowest BCUT2D eigenvalue weighted by Gasteiger charge is -2.28. The summed E-state index contributed by atoms with van der Waals surface area (Å²) in [7, 11) is 0. The second-order valence-electron chi connectivity index (χ2n) is 4.28. The van der Waals surface area contributed by atoms with E-state index < -0.39 is 0 Å². The van der Waals surface area contributed by atoms with E-state index in [9.17, 15) is 5.11 Å². The molecular weight excluding hydrogens is 234 g/mol. The van der Waals surface area contributed by atoms with Crippen LogP contribution in [0.4, 0.5) is 0 Å². The second kappa shape index (κ2) is 7.63. The molecule has 1 rings (SSSR count). The van der Waals surface area contributed by atoms with Crippen molar-refractivity contribution in [3.05, 3.63) is 18.5 Å². The molecule has 0 amide bonds. The van der Waals surface area contributed by atoms with Crippen LogP contribution in [-0.4, -0.2) is 39.5 Å². The van der Waals surface area contributed by atoms with E-state index in [2.05, 4.69) is 29.1 Å². The molecule has 0 aromatic carbocycles. The van der Waals surface area contributed by atoms with Crippen molar-refractivity contribution >= 4 is 11.8 Å². The molecule has 1 unspecified atom stereocenters. The molecule has 0 aliphatic heterocycles. The maximum Gasteiger partial charge on any atom is 0.187 e. The van der Waals surface area contributed by atoms with Crippen molar-refractivity contribution in [3.63, 3.8) is 0 Å². The van der Waals surface area contributed by atoms with Gasteiger partial charge in [0, 0.05) is 23.7 Å². The van der Waals surface area contributed by atoms with E-state index in [0.717, 1.165) is 30.3 Å². The van der Waals surface area contributed by atoms with Gasteiger partial charge in [0.1, 0.15) is 0 Å². The molecule has 0 aliphatic rings.